The van der Waals surface area contributed by atoms with Gasteiger partial charge in [0, 0.05) is 36.7 Å². The molecule has 0 amide bonds. The van der Waals surface area contributed by atoms with Gasteiger partial charge in [-0.3, -0.25) is 0 Å². The molecule has 0 atom stereocenters. The maximum absolute atomic E-state index is 5.83. The summed E-state index contributed by atoms with van der Waals surface area (Å²) in [7, 11) is 0. The van der Waals surface area contributed by atoms with Gasteiger partial charge < -0.3 is 15.2 Å². The second kappa shape index (κ2) is 6.38. The molecule has 1 aromatic heterocycles. The number of nitrogens with two attached hydrogens (primary N) is 1. The number of nitrogen functional groups attached to an aromatic ring is 1. The van der Waals surface area contributed by atoms with Crippen molar-refractivity contribution in [2.75, 3.05) is 25.4 Å². The molecule has 2 rings (SSSR count). The Morgan fingerprint density at radius 1 is 1.26 bits per heavy atom. The van der Waals surface area contributed by atoms with Gasteiger partial charge in [-0.05, 0) is 25.2 Å². The number of rotatable bonds is 6. The zero-order valence-corrected chi connectivity index (χ0v) is 11.7. The van der Waals surface area contributed by atoms with Crippen molar-refractivity contribution in [2.45, 2.75) is 20.4 Å². The van der Waals surface area contributed by atoms with Crippen LogP contribution in [0.15, 0.2) is 36.7 Å². The maximum Gasteiger partial charge on any atom is 0.139 e. The zero-order chi connectivity index (χ0) is 13.7. The molecule has 102 valence electrons. The van der Waals surface area contributed by atoms with E-state index in [0.717, 1.165) is 43.3 Å². The van der Waals surface area contributed by atoms with E-state index < -0.39 is 0 Å². The topological polar surface area (TPSA) is 47.1 Å². The van der Waals surface area contributed by atoms with E-state index in [1.54, 1.807) is 0 Å². The minimum atomic E-state index is 0.774. The number of likely N-dealkylation sites (N-methyl/N-ethyl adjacent to an activating group) is 1. The molecule has 4 nitrogen and oxygen atoms in total. The van der Waals surface area contributed by atoms with Crippen LogP contribution in [0.5, 0.6) is 0 Å². The van der Waals surface area contributed by atoms with E-state index in [0.29, 0.717) is 0 Å². The minimum absolute atomic E-state index is 0.774. The molecule has 19 heavy (non-hydrogen) atoms. The van der Waals surface area contributed by atoms with Crippen molar-refractivity contribution in [3.05, 3.63) is 36.7 Å². The third-order valence-electron chi connectivity index (χ3n) is 3.41. The summed E-state index contributed by atoms with van der Waals surface area (Å²) >= 11 is 0. The molecule has 0 saturated carbocycles. The van der Waals surface area contributed by atoms with Crippen molar-refractivity contribution >= 4 is 5.69 Å². The van der Waals surface area contributed by atoms with E-state index in [4.69, 9.17) is 5.73 Å². The molecular weight excluding hydrogens is 236 g/mol. The average molecular weight is 258 g/mol. The first kappa shape index (κ1) is 13.6. The van der Waals surface area contributed by atoms with Crippen LogP contribution < -0.4 is 5.73 Å². The van der Waals surface area contributed by atoms with Crippen LogP contribution in [0.2, 0.25) is 0 Å². The fourth-order valence-corrected chi connectivity index (χ4v) is 2.22. The predicted octanol–water partition coefficient (Wildman–Crippen LogP) is 2.47. The summed E-state index contributed by atoms with van der Waals surface area (Å²) < 4.78 is 2.19. The lowest BCUT2D eigenvalue weighted by Gasteiger charge is -2.18. The van der Waals surface area contributed by atoms with Crippen LogP contribution in [0.4, 0.5) is 5.69 Å². The van der Waals surface area contributed by atoms with Crippen molar-refractivity contribution in [1.29, 1.82) is 0 Å². The second-order valence-corrected chi connectivity index (χ2v) is 4.60. The summed E-state index contributed by atoms with van der Waals surface area (Å²) in [5.41, 5.74) is 7.68. The maximum atomic E-state index is 5.83. The van der Waals surface area contributed by atoms with Crippen molar-refractivity contribution in [2.24, 2.45) is 0 Å². The zero-order valence-electron chi connectivity index (χ0n) is 11.7. The third-order valence-corrected chi connectivity index (χ3v) is 3.41. The molecule has 2 aromatic rings. The SMILES string of the molecule is CCN(CC)CCn1ccnc1-c1cccc(N)c1. The summed E-state index contributed by atoms with van der Waals surface area (Å²) in [6.07, 6.45) is 3.88. The van der Waals surface area contributed by atoms with Crippen LogP contribution in [0.25, 0.3) is 11.4 Å². The Hall–Kier alpha value is -1.81. The highest BCUT2D eigenvalue weighted by molar-refractivity contribution is 5.61. The molecular formula is C15H22N4. The van der Waals surface area contributed by atoms with Crippen LogP contribution in [0.3, 0.4) is 0 Å². The first-order valence-electron chi connectivity index (χ1n) is 6.84. The molecule has 1 heterocycles. The van der Waals surface area contributed by atoms with Crippen molar-refractivity contribution in [3.63, 3.8) is 0 Å². The molecule has 0 fully saturated rings. The lowest BCUT2D eigenvalue weighted by atomic mass is 10.2. The number of aromatic nitrogens is 2. The van der Waals surface area contributed by atoms with Crippen LogP contribution in [-0.2, 0) is 6.54 Å². The van der Waals surface area contributed by atoms with E-state index in [9.17, 15) is 0 Å². The summed E-state index contributed by atoms with van der Waals surface area (Å²) in [5, 5.41) is 0. The van der Waals surface area contributed by atoms with Gasteiger partial charge in [-0.1, -0.05) is 26.0 Å². The minimum Gasteiger partial charge on any atom is -0.399 e. The van der Waals surface area contributed by atoms with Gasteiger partial charge in [-0.15, -0.1) is 0 Å². The second-order valence-electron chi connectivity index (χ2n) is 4.60. The third kappa shape index (κ3) is 3.35. The van der Waals surface area contributed by atoms with E-state index in [1.807, 2.05) is 36.7 Å². The van der Waals surface area contributed by atoms with Crippen molar-refractivity contribution in [1.82, 2.24) is 14.5 Å². The number of benzene rings is 1. The fourth-order valence-electron chi connectivity index (χ4n) is 2.22. The Balaban J connectivity index is 2.14. The van der Waals surface area contributed by atoms with E-state index in [-0.39, 0.29) is 0 Å². The normalized spacial score (nSPS) is 11.1. The first-order chi connectivity index (χ1) is 9.24. The van der Waals surface area contributed by atoms with Gasteiger partial charge in [0.05, 0.1) is 0 Å². The fraction of sp³-hybridized carbons (Fsp3) is 0.400. The lowest BCUT2D eigenvalue weighted by Crippen LogP contribution is -2.27. The van der Waals surface area contributed by atoms with E-state index >= 15 is 0 Å². The van der Waals surface area contributed by atoms with Gasteiger partial charge in [0.1, 0.15) is 5.82 Å². The number of hydrogen-bond acceptors (Lipinski definition) is 3. The predicted molar refractivity (Wildman–Crippen MR) is 79.9 cm³/mol. The van der Waals surface area contributed by atoms with Gasteiger partial charge >= 0.3 is 0 Å². The number of anilines is 1. The van der Waals surface area contributed by atoms with E-state index in [2.05, 4.69) is 28.3 Å². The van der Waals surface area contributed by atoms with Crippen LogP contribution in [-0.4, -0.2) is 34.1 Å². The highest BCUT2D eigenvalue weighted by atomic mass is 15.2. The van der Waals surface area contributed by atoms with Gasteiger partial charge in [0.25, 0.3) is 0 Å². The van der Waals surface area contributed by atoms with Crippen molar-refractivity contribution < 1.29 is 0 Å². The summed E-state index contributed by atoms with van der Waals surface area (Å²) in [6, 6.07) is 7.88. The standard InChI is InChI=1S/C15H22N4/c1-3-18(4-2)10-11-19-9-8-17-15(19)13-6-5-7-14(16)12-13/h5-9,12H,3-4,10-11,16H2,1-2H3. The molecule has 2 N–H and O–H groups in total. The molecule has 0 aliphatic carbocycles. The van der Waals surface area contributed by atoms with Gasteiger partial charge in [0.2, 0.25) is 0 Å². The Morgan fingerprint density at radius 3 is 2.74 bits per heavy atom. The Bertz CT molecular complexity index is 514. The smallest absolute Gasteiger partial charge is 0.139 e. The lowest BCUT2D eigenvalue weighted by molar-refractivity contribution is 0.291. The molecule has 0 radical (unpaired) electrons. The molecule has 0 unspecified atom stereocenters. The van der Waals surface area contributed by atoms with Crippen molar-refractivity contribution in [3.8, 4) is 11.4 Å². The highest BCUT2D eigenvalue weighted by Gasteiger charge is 2.07. The highest BCUT2D eigenvalue weighted by Crippen LogP contribution is 2.19. The summed E-state index contributed by atoms with van der Waals surface area (Å²) in [4.78, 5) is 6.85. The first-order valence-corrected chi connectivity index (χ1v) is 6.84. The molecule has 0 aliphatic rings. The average Bonchev–Trinajstić information content (AvgIpc) is 2.88. The number of nitrogens with zero attached hydrogens (tertiary/aromatic N) is 3. The number of hydrogen-bond donors (Lipinski definition) is 1. The Labute approximate surface area is 114 Å². The van der Waals surface area contributed by atoms with E-state index in [1.165, 1.54) is 0 Å². The van der Waals surface area contributed by atoms with Gasteiger partial charge in [-0.2, -0.15) is 0 Å². The molecule has 1 aromatic carbocycles. The molecule has 0 aliphatic heterocycles. The monoisotopic (exact) mass is 258 g/mol. The Kier molecular flexibility index (Phi) is 4.58. The molecule has 4 heteroatoms. The largest absolute Gasteiger partial charge is 0.399 e. The molecule has 0 saturated heterocycles. The quantitative estimate of drug-likeness (QED) is 0.810. The van der Waals surface area contributed by atoms with Gasteiger partial charge in [0.15, 0.2) is 0 Å². The summed E-state index contributed by atoms with van der Waals surface area (Å²) in [6.45, 7) is 8.54. The van der Waals surface area contributed by atoms with Crippen LogP contribution in [0.1, 0.15) is 13.8 Å². The summed E-state index contributed by atoms with van der Waals surface area (Å²) in [5.74, 6) is 0.986. The van der Waals surface area contributed by atoms with Crippen LogP contribution in [0, 0.1) is 0 Å². The molecule has 0 bridgehead atoms. The molecule has 0 spiro atoms. The Morgan fingerprint density at radius 2 is 2.05 bits per heavy atom. The number of imidazole rings is 1. The van der Waals surface area contributed by atoms with Gasteiger partial charge in [-0.25, -0.2) is 4.98 Å². The van der Waals surface area contributed by atoms with Crippen LogP contribution >= 0.6 is 0 Å².